The number of nitrogens with one attached hydrogen (secondary N) is 1. The number of ether oxygens (including phenoxy) is 1. The van der Waals surface area contributed by atoms with Crippen LogP contribution in [0.2, 0.25) is 0 Å². The monoisotopic (exact) mass is 319 g/mol. The van der Waals surface area contributed by atoms with Crippen molar-refractivity contribution >= 4 is 15.5 Å². The van der Waals surface area contributed by atoms with Crippen LogP contribution in [0.15, 0.2) is 29.2 Å². The summed E-state index contributed by atoms with van der Waals surface area (Å²) in [6, 6.07) is 5.64. The van der Waals surface area contributed by atoms with Crippen molar-refractivity contribution in [1.82, 2.24) is 0 Å². The third-order valence-corrected chi connectivity index (χ3v) is 4.88. The van der Waals surface area contributed by atoms with Gasteiger partial charge in [0.2, 0.25) is 9.84 Å². The van der Waals surface area contributed by atoms with Gasteiger partial charge in [0.15, 0.2) is 0 Å². The van der Waals surface area contributed by atoms with Gasteiger partial charge in [-0.05, 0) is 51.0 Å². The van der Waals surface area contributed by atoms with E-state index < -0.39 is 15.6 Å². The summed E-state index contributed by atoms with van der Waals surface area (Å²) in [7, 11) is -4.53. The van der Waals surface area contributed by atoms with Crippen LogP contribution in [0.5, 0.6) is 0 Å². The lowest BCUT2D eigenvalue weighted by molar-refractivity contribution is -0.0553. The normalized spacial score (nSPS) is 22.2. The van der Waals surface area contributed by atoms with Crippen LogP contribution in [0.1, 0.15) is 26.7 Å². The molecule has 0 bridgehead atoms. The first-order valence-corrected chi connectivity index (χ1v) is 8.28. The summed E-state index contributed by atoms with van der Waals surface area (Å²) in [4.78, 5) is -0.365. The summed E-state index contributed by atoms with van der Waals surface area (Å²) in [6.07, 6.45) is 1.67. The van der Waals surface area contributed by atoms with Crippen molar-refractivity contribution in [3.05, 3.63) is 24.3 Å². The maximum atomic E-state index is 12.4. The Hall–Kier alpha value is -1.21. The Morgan fingerprint density at radius 2 is 1.90 bits per heavy atom. The summed E-state index contributed by atoms with van der Waals surface area (Å²) in [5.41, 5.74) is 0.514. The highest BCUT2D eigenvalue weighted by Gasteiger charge is 2.29. The van der Waals surface area contributed by atoms with Gasteiger partial charge >= 0.3 is 5.76 Å². The molecule has 1 atom stereocenters. The minimum absolute atomic E-state index is 0.200. The van der Waals surface area contributed by atoms with E-state index in [1.54, 1.807) is 0 Å². The van der Waals surface area contributed by atoms with Crippen molar-refractivity contribution in [1.29, 1.82) is 0 Å². The zero-order valence-corrected chi connectivity index (χ0v) is 12.8. The standard InChI is InChI=1S/C14H19F2NO3S/c1-14(2)9-11(7-8-20-14)17-10-3-5-12(6-4-10)21(18,19)13(15)16/h3-6,11,13,17H,7-9H2,1-2H3. The third kappa shape index (κ3) is 3.91. The van der Waals surface area contributed by atoms with E-state index in [0.717, 1.165) is 12.8 Å². The molecular weight excluding hydrogens is 300 g/mol. The SMILES string of the molecule is CC1(C)CC(Nc2ccc(S(=O)(=O)C(F)F)cc2)CCO1. The van der Waals surface area contributed by atoms with Gasteiger partial charge in [0.1, 0.15) is 0 Å². The first-order chi connectivity index (χ1) is 9.71. The van der Waals surface area contributed by atoms with Crippen molar-refractivity contribution in [2.75, 3.05) is 11.9 Å². The van der Waals surface area contributed by atoms with E-state index in [1.807, 2.05) is 13.8 Å². The topological polar surface area (TPSA) is 55.4 Å². The quantitative estimate of drug-likeness (QED) is 0.927. The van der Waals surface area contributed by atoms with Gasteiger partial charge in [-0.25, -0.2) is 8.42 Å². The van der Waals surface area contributed by atoms with Crippen molar-refractivity contribution in [3.63, 3.8) is 0 Å². The Labute approximate surface area is 123 Å². The highest BCUT2D eigenvalue weighted by molar-refractivity contribution is 7.91. The molecule has 1 unspecified atom stereocenters. The van der Waals surface area contributed by atoms with Crippen molar-refractivity contribution in [2.45, 2.75) is 49.0 Å². The lowest BCUT2D eigenvalue weighted by Crippen LogP contribution is -2.40. The Morgan fingerprint density at radius 1 is 1.29 bits per heavy atom. The summed E-state index contributed by atoms with van der Waals surface area (Å²) in [5, 5.41) is 3.28. The second kappa shape index (κ2) is 5.88. The molecule has 1 N–H and O–H groups in total. The van der Waals surface area contributed by atoms with Crippen LogP contribution in [0.3, 0.4) is 0 Å². The van der Waals surface area contributed by atoms with Crippen LogP contribution in [-0.4, -0.2) is 32.4 Å². The zero-order chi connectivity index (χ0) is 15.7. The number of anilines is 1. The van der Waals surface area contributed by atoms with Crippen LogP contribution in [-0.2, 0) is 14.6 Å². The lowest BCUT2D eigenvalue weighted by atomic mass is 9.94. The molecule has 1 heterocycles. The van der Waals surface area contributed by atoms with E-state index in [1.165, 1.54) is 24.3 Å². The number of hydrogen-bond acceptors (Lipinski definition) is 4. The minimum Gasteiger partial charge on any atom is -0.382 e. The highest BCUT2D eigenvalue weighted by Crippen LogP contribution is 2.27. The molecule has 2 rings (SSSR count). The molecule has 0 radical (unpaired) electrons. The smallest absolute Gasteiger partial charge is 0.341 e. The molecule has 0 amide bonds. The van der Waals surface area contributed by atoms with Crippen LogP contribution >= 0.6 is 0 Å². The molecule has 0 aromatic heterocycles. The van der Waals surface area contributed by atoms with Crippen LogP contribution in [0.4, 0.5) is 14.5 Å². The van der Waals surface area contributed by atoms with Gasteiger partial charge < -0.3 is 10.1 Å². The fourth-order valence-electron chi connectivity index (χ4n) is 2.43. The number of alkyl halides is 2. The van der Waals surface area contributed by atoms with Gasteiger partial charge in [0.25, 0.3) is 0 Å². The molecule has 1 aliphatic rings. The molecule has 0 spiro atoms. The number of halogens is 2. The Morgan fingerprint density at radius 3 is 2.43 bits per heavy atom. The number of sulfone groups is 1. The summed E-state index contributed by atoms with van der Waals surface area (Å²) in [6.45, 7) is 4.68. The molecule has 1 aromatic rings. The summed E-state index contributed by atoms with van der Waals surface area (Å²) in [5.74, 6) is -3.40. The van der Waals surface area contributed by atoms with Gasteiger partial charge in [-0.1, -0.05) is 0 Å². The van der Waals surface area contributed by atoms with E-state index in [0.29, 0.717) is 12.3 Å². The van der Waals surface area contributed by atoms with Crippen LogP contribution in [0.25, 0.3) is 0 Å². The maximum Gasteiger partial charge on any atom is 0.341 e. The third-order valence-electron chi connectivity index (χ3n) is 3.49. The fraction of sp³-hybridized carbons (Fsp3) is 0.571. The first kappa shape index (κ1) is 16.2. The molecule has 0 aliphatic carbocycles. The summed E-state index contributed by atoms with van der Waals surface area (Å²) >= 11 is 0. The fourth-order valence-corrected chi connectivity index (χ4v) is 3.16. The molecule has 0 saturated carbocycles. The molecule has 1 aromatic carbocycles. The average Bonchev–Trinajstić information content (AvgIpc) is 2.38. The number of benzene rings is 1. The second-order valence-corrected chi connectivity index (χ2v) is 7.69. The second-order valence-electron chi connectivity index (χ2n) is 5.77. The van der Waals surface area contributed by atoms with Gasteiger partial charge in [0.05, 0.1) is 10.5 Å². The molecule has 1 aliphatic heterocycles. The van der Waals surface area contributed by atoms with E-state index in [4.69, 9.17) is 4.74 Å². The number of rotatable bonds is 4. The molecule has 21 heavy (non-hydrogen) atoms. The number of hydrogen-bond donors (Lipinski definition) is 1. The van der Waals surface area contributed by atoms with Crippen LogP contribution < -0.4 is 5.32 Å². The van der Waals surface area contributed by atoms with E-state index in [9.17, 15) is 17.2 Å². The Bertz CT molecular complexity index is 585. The van der Waals surface area contributed by atoms with Gasteiger partial charge in [-0.3, -0.25) is 0 Å². The first-order valence-electron chi connectivity index (χ1n) is 6.73. The molecule has 1 fully saturated rings. The Balaban J connectivity index is 2.06. The van der Waals surface area contributed by atoms with E-state index in [-0.39, 0.29) is 16.5 Å². The molecule has 118 valence electrons. The van der Waals surface area contributed by atoms with Crippen molar-refractivity contribution < 1.29 is 21.9 Å². The Kier molecular flexibility index (Phi) is 4.53. The maximum absolute atomic E-state index is 12.4. The molecule has 4 nitrogen and oxygen atoms in total. The predicted molar refractivity (Wildman–Crippen MR) is 76.3 cm³/mol. The van der Waals surface area contributed by atoms with Crippen molar-refractivity contribution in [2.24, 2.45) is 0 Å². The van der Waals surface area contributed by atoms with Gasteiger partial charge in [0, 0.05) is 18.3 Å². The van der Waals surface area contributed by atoms with Crippen molar-refractivity contribution in [3.8, 4) is 0 Å². The van der Waals surface area contributed by atoms with E-state index >= 15 is 0 Å². The molecular formula is C14H19F2NO3S. The lowest BCUT2D eigenvalue weighted by Gasteiger charge is -2.36. The van der Waals surface area contributed by atoms with E-state index in [2.05, 4.69) is 5.32 Å². The molecule has 7 heteroatoms. The molecule has 1 saturated heterocycles. The van der Waals surface area contributed by atoms with Gasteiger partial charge in [-0.15, -0.1) is 0 Å². The largest absolute Gasteiger partial charge is 0.382 e. The summed E-state index contributed by atoms with van der Waals surface area (Å²) < 4.78 is 53.2. The van der Waals surface area contributed by atoms with Crippen LogP contribution in [0, 0.1) is 0 Å². The highest BCUT2D eigenvalue weighted by atomic mass is 32.2. The predicted octanol–water partition coefficient (Wildman–Crippen LogP) is 3.05. The van der Waals surface area contributed by atoms with Gasteiger partial charge in [-0.2, -0.15) is 8.78 Å². The minimum atomic E-state index is -4.53. The zero-order valence-electron chi connectivity index (χ0n) is 12.0. The average molecular weight is 319 g/mol.